The molecule has 0 amide bonds. The molecule has 140 valence electrons. The predicted octanol–water partition coefficient (Wildman–Crippen LogP) is 1.90. The number of imidazole rings is 1. The van der Waals surface area contributed by atoms with Crippen molar-refractivity contribution in [2.45, 2.75) is 44.2 Å². The summed E-state index contributed by atoms with van der Waals surface area (Å²) in [5, 5.41) is 9.69. The Balaban J connectivity index is 1.58. The van der Waals surface area contributed by atoms with Crippen LogP contribution in [0.3, 0.4) is 0 Å². The lowest BCUT2D eigenvalue weighted by molar-refractivity contribution is -0.199. The topological polar surface area (TPSA) is 91.5 Å². The molecule has 0 aliphatic carbocycles. The first kappa shape index (κ1) is 16.8. The molecule has 2 aliphatic rings. The van der Waals surface area contributed by atoms with Crippen LogP contribution < -0.4 is 0 Å². The van der Waals surface area contributed by atoms with Crippen molar-refractivity contribution in [1.29, 1.82) is 0 Å². The second kappa shape index (κ2) is 6.07. The van der Waals surface area contributed by atoms with Crippen LogP contribution in [0.2, 0.25) is 0 Å². The summed E-state index contributed by atoms with van der Waals surface area (Å²) >= 11 is 0. The molecular weight excluding hydrogens is 348 g/mol. The standard InChI is InChI=1S/C19H20N4O4/c1-19(2)26-15-12(8-24)25-18(16(15)27-19)23-10-22-14-13(20-9-21-17(14)23)11-6-4-3-5-7-11/h3-7,9-10,12,15-16,18,24H,8H2,1-2H3/t12-,15?,16?,18-/m1/s1. The van der Waals surface area contributed by atoms with Crippen molar-refractivity contribution >= 4 is 11.2 Å². The van der Waals surface area contributed by atoms with Crippen LogP contribution in [0.1, 0.15) is 20.1 Å². The first-order chi connectivity index (χ1) is 13.1. The fourth-order valence-corrected chi connectivity index (χ4v) is 3.88. The van der Waals surface area contributed by atoms with Crippen molar-refractivity contribution < 1.29 is 19.3 Å². The second-order valence-electron chi connectivity index (χ2n) is 7.22. The molecule has 8 heteroatoms. The number of benzene rings is 1. The molecule has 1 aromatic carbocycles. The molecule has 0 spiro atoms. The molecule has 2 unspecified atom stereocenters. The number of aliphatic hydroxyl groups is 1. The summed E-state index contributed by atoms with van der Waals surface area (Å²) in [5.41, 5.74) is 3.07. The number of nitrogens with zero attached hydrogens (tertiary/aromatic N) is 4. The van der Waals surface area contributed by atoms with E-state index >= 15 is 0 Å². The fourth-order valence-electron chi connectivity index (χ4n) is 3.88. The molecular formula is C19H20N4O4. The quantitative estimate of drug-likeness (QED) is 0.755. The van der Waals surface area contributed by atoms with Gasteiger partial charge in [0.2, 0.25) is 0 Å². The van der Waals surface area contributed by atoms with Gasteiger partial charge in [0.05, 0.1) is 12.9 Å². The van der Waals surface area contributed by atoms with Crippen molar-refractivity contribution in [1.82, 2.24) is 19.5 Å². The monoisotopic (exact) mass is 368 g/mol. The molecule has 2 fully saturated rings. The summed E-state index contributed by atoms with van der Waals surface area (Å²) in [6.45, 7) is 3.57. The number of aromatic nitrogens is 4. The van der Waals surface area contributed by atoms with Gasteiger partial charge in [0.25, 0.3) is 0 Å². The third-order valence-electron chi connectivity index (χ3n) is 4.99. The van der Waals surface area contributed by atoms with Gasteiger partial charge in [-0.05, 0) is 13.8 Å². The zero-order valence-electron chi connectivity index (χ0n) is 15.0. The van der Waals surface area contributed by atoms with Crippen LogP contribution in [0.5, 0.6) is 0 Å². The molecule has 1 N–H and O–H groups in total. The molecule has 2 aromatic heterocycles. The van der Waals surface area contributed by atoms with Crippen LogP contribution in [-0.2, 0) is 14.2 Å². The van der Waals surface area contributed by atoms with Gasteiger partial charge in [0.1, 0.15) is 35.8 Å². The first-order valence-corrected chi connectivity index (χ1v) is 8.92. The molecule has 2 saturated heterocycles. The molecule has 5 rings (SSSR count). The Kier molecular flexibility index (Phi) is 3.76. The number of rotatable bonds is 3. The Hall–Kier alpha value is -2.39. The highest BCUT2D eigenvalue weighted by atomic mass is 16.8. The Bertz CT molecular complexity index is 974. The van der Waals surface area contributed by atoms with E-state index in [1.165, 1.54) is 6.33 Å². The third-order valence-corrected chi connectivity index (χ3v) is 4.99. The van der Waals surface area contributed by atoms with Crippen molar-refractivity contribution in [3.8, 4) is 11.3 Å². The Morgan fingerprint density at radius 3 is 2.63 bits per heavy atom. The van der Waals surface area contributed by atoms with Crippen LogP contribution in [0, 0.1) is 0 Å². The van der Waals surface area contributed by atoms with Crippen LogP contribution in [-0.4, -0.2) is 55.3 Å². The summed E-state index contributed by atoms with van der Waals surface area (Å²) in [6.07, 6.45) is 1.55. The summed E-state index contributed by atoms with van der Waals surface area (Å²) in [4.78, 5) is 13.4. The fraction of sp³-hybridized carbons (Fsp3) is 0.421. The average Bonchev–Trinajstić information content (AvgIpc) is 3.32. The Labute approximate surface area is 155 Å². The van der Waals surface area contributed by atoms with E-state index in [1.807, 2.05) is 48.7 Å². The molecule has 0 saturated carbocycles. The molecule has 8 nitrogen and oxygen atoms in total. The van der Waals surface area contributed by atoms with E-state index in [2.05, 4.69) is 15.0 Å². The van der Waals surface area contributed by atoms with Crippen LogP contribution in [0.4, 0.5) is 0 Å². The van der Waals surface area contributed by atoms with E-state index in [4.69, 9.17) is 14.2 Å². The number of fused-ring (bicyclic) bond motifs is 2. The maximum atomic E-state index is 9.69. The Morgan fingerprint density at radius 2 is 1.85 bits per heavy atom. The minimum absolute atomic E-state index is 0.145. The maximum Gasteiger partial charge on any atom is 0.166 e. The van der Waals surface area contributed by atoms with E-state index < -0.39 is 18.1 Å². The maximum absolute atomic E-state index is 9.69. The number of ether oxygens (including phenoxy) is 3. The zero-order valence-corrected chi connectivity index (χ0v) is 15.0. The lowest BCUT2D eigenvalue weighted by Crippen LogP contribution is -2.31. The van der Waals surface area contributed by atoms with Crippen molar-refractivity contribution in [3.63, 3.8) is 0 Å². The van der Waals surface area contributed by atoms with E-state index in [0.717, 1.165) is 11.3 Å². The minimum Gasteiger partial charge on any atom is -0.394 e. The van der Waals surface area contributed by atoms with Crippen LogP contribution >= 0.6 is 0 Å². The Morgan fingerprint density at radius 1 is 1.07 bits per heavy atom. The first-order valence-electron chi connectivity index (χ1n) is 8.92. The van der Waals surface area contributed by atoms with E-state index in [1.54, 1.807) is 6.33 Å². The highest BCUT2D eigenvalue weighted by Crippen LogP contribution is 2.43. The van der Waals surface area contributed by atoms with E-state index in [0.29, 0.717) is 11.2 Å². The average molecular weight is 368 g/mol. The molecule has 27 heavy (non-hydrogen) atoms. The molecule has 2 aliphatic heterocycles. The predicted molar refractivity (Wildman–Crippen MR) is 95.6 cm³/mol. The molecule has 4 atom stereocenters. The van der Waals surface area contributed by atoms with Crippen molar-refractivity contribution in [2.24, 2.45) is 0 Å². The summed E-state index contributed by atoms with van der Waals surface area (Å²) < 4.78 is 19.9. The smallest absolute Gasteiger partial charge is 0.166 e. The lowest BCUT2D eigenvalue weighted by Gasteiger charge is -2.24. The highest BCUT2D eigenvalue weighted by molar-refractivity contribution is 5.87. The number of aliphatic hydroxyl groups excluding tert-OH is 1. The van der Waals surface area contributed by atoms with Gasteiger partial charge in [-0.2, -0.15) is 0 Å². The normalized spacial score (nSPS) is 29.3. The van der Waals surface area contributed by atoms with E-state index in [-0.39, 0.29) is 18.8 Å². The van der Waals surface area contributed by atoms with Gasteiger partial charge >= 0.3 is 0 Å². The number of hydrogen-bond acceptors (Lipinski definition) is 7. The van der Waals surface area contributed by atoms with Crippen LogP contribution in [0.25, 0.3) is 22.4 Å². The lowest BCUT2D eigenvalue weighted by atomic mass is 10.1. The number of hydrogen-bond donors (Lipinski definition) is 1. The van der Waals surface area contributed by atoms with Gasteiger partial charge in [-0.25, -0.2) is 15.0 Å². The van der Waals surface area contributed by atoms with Crippen LogP contribution in [0.15, 0.2) is 43.0 Å². The zero-order chi connectivity index (χ0) is 18.6. The van der Waals surface area contributed by atoms with Crippen molar-refractivity contribution in [3.05, 3.63) is 43.0 Å². The highest BCUT2D eigenvalue weighted by Gasteiger charge is 2.55. The van der Waals surface area contributed by atoms with Crippen molar-refractivity contribution in [2.75, 3.05) is 6.61 Å². The molecule has 4 heterocycles. The van der Waals surface area contributed by atoms with Gasteiger partial charge in [-0.15, -0.1) is 0 Å². The summed E-state index contributed by atoms with van der Waals surface area (Å²) in [7, 11) is 0. The van der Waals surface area contributed by atoms with Gasteiger partial charge in [-0.1, -0.05) is 30.3 Å². The minimum atomic E-state index is -0.731. The third kappa shape index (κ3) is 2.64. The van der Waals surface area contributed by atoms with Gasteiger partial charge in [0.15, 0.2) is 17.7 Å². The largest absolute Gasteiger partial charge is 0.394 e. The SMILES string of the molecule is CC1(C)OC2C(O1)[C@@H](CO)O[C@H]2n1cnc2c(-c3ccccc3)ncnc21. The second-order valence-corrected chi connectivity index (χ2v) is 7.22. The summed E-state index contributed by atoms with van der Waals surface area (Å²) in [5.74, 6) is -0.731. The van der Waals surface area contributed by atoms with Gasteiger partial charge < -0.3 is 19.3 Å². The molecule has 0 bridgehead atoms. The van der Waals surface area contributed by atoms with Gasteiger partial charge in [-0.3, -0.25) is 4.57 Å². The molecule has 0 radical (unpaired) electrons. The van der Waals surface area contributed by atoms with E-state index in [9.17, 15) is 5.11 Å². The summed E-state index contributed by atoms with van der Waals surface area (Å²) in [6, 6.07) is 9.86. The molecule has 3 aromatic rings. The van der Waals surface area contributed by atoms with Gasteiger partial charge in [0, 0.05) is 5.56 Å².